The summed E-state index contributed by atoms with van der Waals surface area (Å²) in [6, 6.07) is 4.24. The summed E-state index contributed by atoms with van der Waals surface area (Å²) >= 11 is 10.7. The van der Waals surface area contributed by atoms with E-state index in [0.717, 1.165) is 29.8 Å². The molecule has 6 nitrogen and oxygen atoms in total. The minimum Gasteiger partial charge on any atom is -0.381 e. The Balaban J connectivity index is 3.02. The largest absolute Gasteiger partial charge is 0.381 e. The normalized spacial score (nSPS) is 12.2. The molecule has 0 aromatic heterocycles. The summed E-state index contributed by atoms with van der Waals surface area (Å²) in [7, 11) is -4.09. The Hall–Kier alpha value is -1.31. The van der Waals surface area contributed by atoms with Gasteiger partial charge in [0.1, 0.15) is 10.7 Å². The zero-order valence-corrected chi connectivity index (χ0v) is 11.1. The van der Waals surface area contributed by atoms with Crippen LogP contribution in [0, 0.1) is 10.1 Å². The molecule has 0 radical (unpaired) electrons. The molecule has 1 aromatic rings. The van der Waals surface area contributed by atoms with Gasteiger partial charge in [-0.25, -0.2) is 0 Å². The summed E-state index contributed by atoms with van der Waals surface area (Å²) in [5.74, 6) is -0.355. The van der Waals surface area contributed by atoms with Crippen LogP contribution in [0.3, 0.4) is 0 Å². The molecular weight excluding hydrogens is 305 g/mol. The summed E-state index contributed by atoms with van der Waals surface area (Å²) in [6.45, 7) is 0. The Labute approximate surface area is 113 Å². The first kappa shape index (κ1) is 14.7. The maximum atomic E-state index is 11.7. The fourth-order valence-corrected chi connectivity index (χ4v) is 2.40. The maximum absolute atomic E-state index is 11.7. The molecule has 0 aliphatic carbocycles. The van der Waals surface area contributed by atoms with Gasteiger partial charge in [0, 0.05) is 17.7 Å². The van der Waals surface area contributed by atoms with Crippen molar-refractivity contribution in [1.82, 2.24) is 0 Å². The van der Waals surface area contributed by atoms with Crippen LogP contribution in [0.25, 0.3) is 0 Å². The number of allylic oxidation sites excluding steroid dienone is 1. The fraction of sp³-hybridized carbons (Fsp3) is 0.111. The first-order valence-electron chi connectivity index (χ1n) is 4.45. The van der Waals surface area contributed by atoms with Crippen molar-refractivity contribution in [2.24, 2.45) is 0 Å². The van der Waals surface area contributed by atoms with Gasteiger partial charge in [0.25, 0.3) is 5.69 Å². The van der Waals surface area contributed by atoms with Gasteiger partial charge in [-0.2, -0.15) is 8.42 Å². The van der Waals surface area contributed by atoms with E-state index in [4.69, 9.17) is 23.2 Å². The number of nitro benzene ring substituents is 1. The van der Waals surface area contributed by atoms with Crippen molar-refractivity contribution < 1.29 is 17.5 Å². The summed E-state index contributed by atoms with van der Waals surface area (Å²) in [6.07, 6.45) is 0. The number of nitro groups is 1. The SMILES string of the molecule is O=[N+]([O-])c1ccc(S(=O)(=O)OC(=CCl)CCl)cc1. The highest BCUT2D eigenvalue weighted by molar-refractivity contribution is 7.86. The van der Waals surface area contributed by atoms with Gasteiger partial charge in [-0.15, -0.1) is 11.6 Å². The van der Waals surface area contributed by atoms with E-state index in [1.807, 2.05) is 0 Å². The molecule has 0 unspecified atom stereocenters. The molecule has 18 heavy (non-hydrogen) atoms. The predicted molar refractivity (Wildman–Crippen MR) is 66.0 cm³/mol. The third-order valence-corrected chi connectivity index (χ3v) is 3.60. The van der Waals surface area contributed by atoms with Crippen molar-refractivity contribution in [2.45, 2.75) is 4.90 Å². The number of halogens is 2. The van der Waals surface area contributed by atoms with Gasteiger partial charge < -0.3 is 4.18 Å². The number of rotatable bonds is 5. The quantitative estimate of drug-likeness (QED) is 0.274. The van der Waals surface area contributed by atoms with E-state index >= 15 is 0 Å². The predicted octanol–water partition coefficient (Wildman–Crippen LogP) is 2.62. The molecule has 0 saturated heterocycles. The van der Waals surface area contributed by atoms with Crippen LogP contribution >= 0.6 is 23.2 Å². The van der Waals surface area contributed by atoms with Crippen molar-refractivity contribution in [3.8, 4) is 0 Å². The van der Waals surface area contributed by atoms with Gasteiger partial charge in [0.2, 0.25) is 0 Å². The van der Waals surface area contributed by atoms with Crippen LogP contribution in [-0.2, 0) is 14.3 Å². The van der Waals surface area contributed by atoms with E-state index in [9.17, 15) is 18.5 Å². The van der Waals surface area contributed by atoms with Gasteiger partial charge in [-0.1, -0.05) is 11.6 Å². The lowest BCUT2D eigenvalue weighted by Gasteiger charge is -2.07. The highest BCUT2D eigenvalue weighted by Crippen LogP contribution is 2.20. The zero-order chi connectivity index (χ0) is 13.8. The molecule has 1 aromatic carbocycles. The second-order valence-electron chi connectivity index (χ2n) is 3.00. The van der Waals surface area contributed by atoms with Gasteiger partial charge in [0.15, 0.2) is 0 Å². The first-order valence-corrected chi connectivity index (χ1v) is 6.83. The average molecular weight is 312 g/mol. The Morgan fingerprint density at radius 2 is 1.94 bits per heavy atom. The number of hydrogen-bond acceptors (Lipinski definition) is 5. The van der Waals surface area contributed by atoms with E-state index < -0.39 is 15.0 Å². The number of benzene rings is 1. The lowest BCUT2D eigenvalue weighted by atomic mass is 10.3. The Morgan fingerprint density at radius 3 is 2.33 bits per heavy atom. The van der Waals surface area contributed by atoms with Crippen molar-refractivity contribution in [3.63, 3.8) is 0 Å². The third kappa shape index (κ3) is 3.59. The lowest BCUT2D eigenvalue weighted by molar-refractivity contribution is -0.384. The van der Waals surface area contributed by atoms with E-state index in [1.54, 1.807) is 0 Å². The fourth-order valence-electron chi connectivity index (χ4n) is 0.993. The molecule has 0 saturated carbocycles. The number of non-ortho nitro benzene ring substituents is 1. The number of nitrogens with zero attached hydrogens (tertiary/aromatic N) is 1. The molecule has 0 heterocycles. The highest BCUT2D eigenvalue weighted by Gasteiger charge is 2.18. The molecule has 9 heteroatoms. The molecule has 0 fully saturated rings. The second-order valence-corrected chi connectivity index (χ2v) is 5.03. The smallest absolute Gasteiger partial charge is 0.338 e. The molecule has 0 atom stereocenters. The van der Waals surface area contributed by atoms with Crippen LogP contribution < -0.4 is 0 Å². The van der Waals surface area contributed by atoms with Crippen LogP contribution in [-0.4, -0.2) is 19.2 Å². The molecular formula is C9H7Cl2NO5S. The van der Waals surface area contributed by atoms with Gasteiger partial charge in [-0.3, -0.25) is 10.1 Å². The number of hydrogen-bond donors (Lipinski definition) is 0. The maximum Gasteiger partial charge on any atom is 0.338 e. The van der Waals surface area contributed by atoms with Crippen LogP contribution in [0.5, 0.6) is 0 Å². The summed E-state index contributed by atoms with van der Waals surface area (Å²) in [5.41, 5.74) is 0.676. The average Bonchev–Trinajstić information content (AvgIpc) is 2.36. The molecule has 0 bridgehead atoms. The van der Waals surface area contributed by atoms with E-state index in [0.29, 0.717) is 0 Å². The van der Waals surface area contributed by atoms with E-state index in [1.165, 1.54) is 0 Å². The Kier molecular flexibility index (Phi) is 4.94. The summed E-state index contributed by atoms with van der Waals surface area (Å²) in [4.78, 5) is 9.55. The molecule has 0 spiro atoms. The van der Waals surface area contributed by atoms with Gasteiger partial charge >= 0.3 is 10.1 Å². The molecule has 0 aliphatic heterocycles. The van der Waals surface area contributed by atoms with Crippen molar-refractivity contribution in [2.75, 3.05) is 5.88 Å². The van der Waals surface area contributed by atoms with Gasteiger partial charge in [0.05, 0.1) is 10.8 Å². The van der Waals surface area contributed by atoms with Gasteiger partial charge in [-0.05, 0) is 12.1 Å². The number of alkyl halides is 1. The summed E-state index contributed by atoms with van der Waals surface area (Å²) < 4.78 is 28.0. The Morgan fingerprint density at radius 1 is 1.39 bits per heavy atom. The molecule has 0 amide bonds. The first-order chi connectivity index (χ1) is 8.40. The molecule has 0 N–H and O–H groups in total. The van der Waals surface area contributed by atoms with Crippen LogP contribution in [0.2, 0.25) is 0 Å². The zero-order valence-electron chi connectivity index (χ0n) is 8.75. The van der Waals surface area contributed by atoms with Crippen molar-refractivity contribution in [3.05, 3.63) is 45.7 Å². The lowest BCUT2D eigenvalue weighted by Crippen LogP contribution is -2.07. The minimum atomic E-state index is -4.09. The van der Waals surface area contributed by atoms with Crippen LogP contribution in [0.1, 0.15) is 0 Å². The molecule has 1 rings (SSSR count). The van der Waals surface area contributed by atoms with Crippen LogP contribution in [0.15, 0.2) is 40.5 Å². The molecule has 0 aliphatic rings. The van der Waals surface area contributed by atoms with Crippen molar-refractivity contribution in [1.29, 1.82) is 0 Å². The minimum absolute atomic E-state index is 0.142. The molecule has 98 valence electrons. The second kappa shape index (κ2) is 6.03. The topological polar surface area (TPSA) is 86.5 Å². The highest BCUT2D eigenvalue weighted by atomic mass is 35.5. The third-order valence-electron chi connectivity index (χ3n) is 1.81. The standard InChI is InChI=1S/C9H7Cl2NO5S/c10-5-8(6-11)17-18(15,16)9-3-1-7(2-4-9)12(13)14/h1-5H,6H2. The monoisotopic (exact) mass is 311 g/mol. The Bertz CT molecular complexity index is 567. The van der Waals surface area contributed by atoms with Crippen LogP contribution in [0.4, 0.5) is 5.69 Å². The van der Waals surface area contributed by atoms with Crippen molar-refractivity contribution >= 4 is 39.0 Å². The summed E-state index contributed by atoms with van der Waals surface area (Å²) in [5, 5.41) is 10.4. The van der Waals surface area contributed by atoms with E-state index in [-0.39, 0.29) is 22.2 Å². The van der Waals surface area contributed by atoms with E-state index in [2.05, 4.69) is 4.18 Å².